The lowest BCUT2D eigenvalue weighted by atomic mass is 10.0. The van der Waals surface area contributed by atoms with Crippen molar-refractivity contribution >= 4 is 6.29 Å². The fraction of sp³-hybridized carbons (Fsp3) is 0.667. The third-order valence-electron chi connectivity index (χ3n) is 5.43. The highest BCUT2D eigenvalue weighted by atomic mass is 16.3. The minimum Gasteiger partial charge on any atom is -0.507 e. The van der Waals surface area contributed by atoms with Crippen LogP contribution in [0.3, 0.4) is 0 Å². The highest BCUT2D eigenvalue weighted by Gasteiger charge is 2.20. The second kappa shape index (κ2) is 9.49. The number of benzene rings is 1. The molecule has 5 heteroatoms. The number of rotatable bonds is 5. The fourth-order valence-corrected chi connectivity index (χ4v) is 3.66. The van der Waals surface area contributed by atoms with Gasteiger partial charge in [0.05, 0.1) is 5.56 Å². The van der Waals surface area contributed by atoms with E-state index in [1.807, 2.05) is 13.0 Å². The molecule has 0 aromatic heterocycles. The smallest absolute Gasteiger partial charge is 0.153 e. The molecular formula is C21H35N3O2. The molecule has 0 atom stereocenters. The van der Waals surface area contributed by atoms with Crippen molar-refractivity contribution < 1.29 is 9.90 Å². The van der Waals surface area contributed by atoms with E-state index in [9.17, 15) is 9.90 Å². The molecular weight excluding hydrogens is 326 g/mol. The molecule has 5 nitrogen and oxygen atoms in total. The van der Waals surface area contributed by atoms with Crippen molar-refractivity contribution in [2.45, 2.75) is 53.2 Å². The van der Waals surface area contributed by atoms with Crippen LogP contribution in [0.2, 0.25) is 0 Å². The average Bonchev–Trinajstić information content (AvgIpc) is 2.68. The molecule has 26 heavy (non-hydrogen) atoms. The van der Waals surface area contributed by atoms with Crippen LogP contribution in [-0.4, -0.2) is 77.4 Å². The van der Waals surface area contributed by atoms with E-state index in [2.05, 4.69) is 42.4 Å². The minimum atomic E-state index is 0.131. The summed E-state index contributed by atoms with van der Waals surface area (Å²) < 4.78 is 0. The van der Waals surface area contributed by atoms with E-state index in [0.29, 0.717) is 24.2 Å². The number of hydrogen-bond acceptors (Lipinski definition) is 5. The maximum Gasteiger partial charge on any atom is 0.153 e. The summed E-state index contributed by atoms with van der Waals surface area (Å²) in [7, 11) is 0. The van der Waals surface area contributed by atoms with Crippen molar-refractivity contribution in [2.75, 3.05) is 39.3 Å². The molecule has 1 fully saturated rings. The first-order valence-corrected chi connectivity index (χ1v) is 9.80. The van der Waals surface area contributed by atoms with Gasteiger partial charge in [0.15, 0.2) is 6.29 Å². The molecule has 0 bridgehead atoms. The molecule has 2 rings (SSSR count). The van der Waals surface area contributed by atoms with Gasteiger partial charge >= 0.3 is 0 Å². The Hall–Kier alpha value is -1.43. The summed E-state index contributed by atoms with van der Waals surface area (Å²) in [5, 5.41) is 10.4. The first kappa shape index (κ1) is 20.9. The second-order valence-electron chi connectivity index (χ2n) is 8.02. The van der Waals surface area contributed by atoms with E-state index in [4.69, 9.17) is 0 Å². The van der Waals surface area contributed by atoms with Crippen molar-refractivity contribution in [3.8, 4) is 5.75 Å². The van der Waals surface area contributed by atoms with Crippen LogP contribution < -0.4 is 0 Å². The Morgan fingerprint density at radius 3 is 1.92 bits per heavy atom. The Morgan fingerprint density at radius 2 is 1.46 bits per heavy atom. The van der Waals surface area contributed by atoms with E-state index in [-0.39, 0.29) is 5.75 Å². The van der Waals surface area contributed by atoms with Gasteiger partial charge in [-0.05, 0) is 46.2 Å². The van der Waals surface area contributed by atoms with Crippen molar-refractivity contribution in [1.29, 1.82) is 0 Å². The quantitative estimate of drug-likeness (QED) is 0.817. The van der Waals surface area contributed by atoms with Gasteiger partial charge in [-0.2, -0.15) is 0 Å². The lowest BCUT2D eigenvalue weighted by Gasteiger charge is -2.30. The number of phenolic OH excluding ortho intramolecular Hbond substituents is 1. The Kier molecular flexibility index (Phi) is 7.62. The first-order chi connectivity index (χ1) is 12.3. The van der Waals surface area contributed by atoms with Crippen LogP contribution in [-0.2, 0) is 6.54 Å². The molecule has 0 radical (unpaired) electrons. The van der Waals surface area contributed by atoms with Crippen LogP contribution in [0.1, 0.15) is 49.2 Å². The third-order valence-corrected chi connectivity index (χ3v) is 5.43. The molecule has 1 saturated heterocycles. The zero-order valence-corrected chi connectivity index (χ0v) is 17.0. The summed E-state index contributed by atoms with van der Waals surface area (Å²) in [4.78, 5) is 18.7. The van der Waals surface area contributed by atoms with Gasteiger partial charge in [-0.15, -0.1) is 0 Å². The van der Waals surface area contributed by atoms with Crippen molar-refractivity contribution in [3.05, 3.63) is 28.8 Å². The van der Waals surface area contributed by atoms with Crippen molar-refractivity contribution in [1.82, 2.24) is 14.7 Å². The largest absolute Gasteiger partial charge is 0.507 e. The van der Waals surface area contributed by atoms with Crippen LogP contribution >= 0.6 is 0 Å². The molecule has 1 N–H and O–H groups in total. The number of aromatic hydroxyl groups is 1. The Bertz CT molecular complexity index is 581. The summed E-state index contributed by atoms with van der Waals surface area (Å²) in [6.45, 7) is 17.8. The average molecular weight is 362 g/mol. The Balaban J connectivity index is 2.18. The predicted octanol–water partition coefficient (Wildman–Crippen LogP) is 2.75. The van der Waals surface area contributed by atoms with E-state index in [1.54, 1.807) is 6.07 Å². The predicted molar refractivity (Wildman–Crippen MR) is 107 cm³/mol. The molecule has 0 spiro atoms. The number of carbonyl (C=O) groups is 1. The van der Waals surface area contributed by atoms with E-state index < -0.39 is 0 Å². The number of carbonyl (C=O) groups excluding carboxylic acids is 1. The number of aldehydes is 1. The maximum absolute atomic E-state index is 11.2. The van der Waals surface area contributed by atoms with Gasteiger partial charge < -0.3 is 5.11 Å². The van der Waals surface area contributed by atoms with Gasteiger partial charge in [-0.1, -0.05) is 6.07 Å². The van der Waals surface area contributed by atoms with Crippen LogP contribution in [0.15, 0.2) is 12.1 Å². The molecule has 0 amide bonds. The van der Waals surface area contributed by atoms with Gasteiger partial charge in [0.1, 0.15) is 5.75 Å². The van der Waals surface area contributed by atoms with E-state index >= 15 is 0 Å². The monoisotopic (exact) mass is 361 g/mol. The van der Waals surface area contributed by atoms with Crippen LogP contribution in [0.5, 0.6) is 5.75 Å². The molecule has 1 heterocycles. The summed E-state index contributed by atoms with van der Waals surface area (Å²) in [5.74, 6) is 0.131. The Morgan fingerprint density at radius 1 is 0.962 bits per heavy atom. The highest BCUT2D eigenvalue weighted by molar-refractivity contribution is 5.80. The molecule has 1 aromatic rings. The number of aryl methyl sites for hydroxylation is 1. The lowest BCUT2D eigenvalue weighted by molar-refractivity contribution is 0.112. The summed E-state index contributed by atoms with van der Waals surface area (Å²) in [5.41, 5.74) is 2.24. The second-order valence-corrected chi connectivity index (χ2v) is 8.02. The number of nitrogens with zero attached hydrogens (tertiary/aromatic N) is 3. The van der Waals surface area contributed by atoms with Gasteiger partial charge in [0.2, 0.25) is 0 Å². The highest BCUT2D eigenvalue weighted by Crippen LogP contribution is 2.25. The van der Waals surface area contributed by atoms with Crippen LogP contribution in [0.4, 0.5) is 0 Å². The molecule has 0 saturated carbocycles. The maximum atomic E-state index is 11.2. The molecule has 146 valence electrons. The van der Waals surface area contributed by atoms with E-state index in [0.717, 1.165) is 56.7 Å². The minimum absolute atomic E-state index is 0.131. The number of phenols is 1. The Labute approximate surface area is 158 Å². The van der Waals surface area contributed by atoms with Gasteiger partial charge in [-0.25, -0.2) is 0 Å². The molecule has 0 aliphatic carbocycles. The third kappa shape index (κ3) is 5.53. The number of hydrogen-bond donors (Lipinski definition) is 1. The molecule has 1 aliphatic heterocycles. The molecule has 0 unspecified atom stereocenters. The van der Waals surface area contributed by atoms with Crippen molar-refractivity contribution in [3.63, 3.8) is 0 Å². The van der Waals surface area contributed by atoms with Crippen molar-refractivity contribution in [2.24, 2.45) is 0 Å². The summed E-state index contributed by atoms with van der Waals surface area (Å²) in [6, 6.07) is 4.79. The van der Waals surface area contributed by atoms with Crippen LogP contribution in [0, 0.1) is 6.92 Å². The summed E-state index contributed by atoms with van der Waals surface area (Å²) in [6.07, 6.45) is 0.741. The standard InChI is InChI=1S/C21H35N3O2/c1-16(2)23-8-6-22(7-9-24(11-10-23)17(3)4)14-19-12-18(5)13-20(15-25)21(19)26/h12-13,15-17,26H,6-11,14H2,1-5H3. The lowest BCUT2D eigenvalue weighted by Crippen LogP contribution is -2.41. The van der Waals surface area contributed by atoms with Gasteiger partial charge in [-0.3, -0.25) is 19.5 Å². The normalized spacial score (nSPS) is 18.7. The molecule has 1 aliphatic rings. The first-order valence-electron chi connectivity index (χ1n) is 9.80. The van der Waals surface area contributed by atoms with Gasteiger partial charge in [0.25, 0.3) is 0 Å². The SMILES string of the molecule is Cc1cc(C=O)c(O)c(CN2CCN(C(C)C)CCN(C(C)C)CC2)c1. The molecule has 1 aromatic carbocycles. The summed E-state index contributed by atoms with van der Waals surface area (Å²) >= 11 is 0. The topological polar surface area (TPSA) is 47.0 Å². The van der Waals surface area contributed by atoms with E-state index in [1.165, 1.54) is 0 Å². The van der Waals surface area contributed by atoms with Crippen LogP contribution in [0.25, 0.3) is 0 Å². The van der Waals surface area contributed by atoms with Gasteiger partial charge in [0, 0.05) is 63.5 Å². The zero-order chi connectivity index (χ0) is 19.3. The zero-order valence-electron chi connectivity index (χ0n) is 17.0. The fourth-order valence-electron chi connectivity index (χ4n) is 3.66.